The number of thiophene rings is 1. The van der Waals surface area contributed by atoms with E-state index >= 15 is 0 Å². The van der Waals surface area contributed by atoms with Crippen LogP contribution in [0.15, 0.2) is 41.1 Å². The topological polar surface area (TPSA) is 32.3 Å². The lowest BCUT2D eigenvalue weighted by molar-refractivity contribution is 0.0634. The summed E-state index contributed by atoms with van der Waals surface area (Å²) in [6.45, 7) is 2.05. The first kappa shape index (κ1) is 13.3. The average Bonchev–Trinajstić information content (AvgIpc) is 3.01. The maximum absolute atomic E-state index is 13.4. The standard InChI is InChI=1S/C15H15FN2OS/c16-13-3-1-2-11(8-13)14-9-17-5-6-18(14)15(19)12-4-7-20-10-12/h1-4,7-8,10,14,17H,5-6,9H2. The van der Waals surface area contributed by atoms with E-state index < -0.39 is 0 Å². The summed E-state index contributed by atoms with van der Waals surface area (Å²) < 4.78 is 13.4. The molecule has 0 bridgehead atoms. The van der Waals surface area contributed by atoms with Crippen LogP contribution in [0.4, 0.5) is 4.39 Å². The van der Waals surface area contributed by atoms with Crippen molar-refractivity contribution in [1.29, 1.82) is 0 Å². The van der Waals surface area contributed by atoms with Crippen LogP contribution in [0.3, 0.4) is 0 Å². The summed E-state index contributed by atoms with van der Waals surface area (Å²) in [5.74, 6) is -0.252. The number of halogens is 1. The number of carbonyl (C=O) groups excluding carboxylic acids is 1. The summed E-state index contributed by atoms with van der Waals surface area (Å²) in [7, 11) is 0. The summed E-state index contributed by atoms with van der Waals surface area (Å²) in [6.07, 6.45) is 0. The second kappa shape index (κ2) is 5.73. The van der Waals surface area contributed by atoms with E-state index in [1.165, 1.54) is 23.5 Å². The van der Waals surface area contributed by atoms with Gasteiger partial charge in [0.15, 0.2) is 0 Å². The van der Waals surface area contributed by atoms with Crippen LogP contribution in [0.1, 0.15) is 22.0 Å². The zero-order valence-electron chi connectivity index (χ0n) is 10.9. The van der Waals surface area contributed by atoms with Crippen molar-refractivity contribution in [3.8, 4) is 0 Å². The van der Waals surface area contributed by atoms with Crippen molar-refractivity contribution in [1.82, 2.24) is 10.2 Å². The molecule has 2 aromatic rings. The highest BCUT2D eigenvalue weighted by atomic mass is 32.1. The molecule has 3 nitrogen and oxygen atoms in total. The van der Waals surface area contributed by atoms with Gasteiger partial charge in [0, 0.05) is 25.0 Å². The van der Waals surface area contributed by atoms with Crippen LogP contribution in [-0.2, 0) is 0 Å². The van der Waals surface area contributed by atoms with Crippen molar-refractivity contribution in [3.63, 3.8) is 0 Å². The summed E-state index contributed by atoms with van der Waals surface area (Å²) in [6, 6.07) is 8.20. The van der Waals surface area contributed by atoms with E-state index in [2.05, 4.69) is 5.32 Å². The fourth-order valence-corrected chi connectivity index (χ4v) is 3.14. The number of amides is 1. The molecule has 104 valence electrons. The predicted molar refractivity (Wildman–Crippen MR) is 77.4 cm³/mol. The molecule has 1 aromatic carbocycles. The number of carbonyl (C=O) groups is 1. The number of nitrogens with one attached hydrogen (secondary N) is 1. The third kappa shape index (κ3) is 2.59. The molecule has 20 heavy (non-hydrogen) atoms. The third-order valence-electron chi connectivity index (χ3n) is 3.51. The van der Waals surface area contributed by atoms with Crippen LogP contribution in [-0.4, -0.2) is 30.4 Å². The van der Waals surface area contributed by atoms with Crippen molar-refractivity contribution in [2.24, 2.45) is 0 Å². The normalized spacial score (nSPS) is 19.1. The Morgan fingerprint density at radius 1 is 1.40 bits per heavy atom. The molecule has 1 unspecified atom stereocenters. The largest absolute Gasteiger partial charge is 0.329 e. The molecule has 2 heterocycles. The maximum atomic E-state index is 13.4. The van der Waals surface area contributed by atoms with E-state index in [1.54, 1.807) is 6.07 Å². The summed E-state index contributed by atoms with van der Waals surface area (Å²) in [5, 5.41) is 7.02. The molecular formula is C15H15FN2OS. The van der Waals surface area contributed by atoms with E-state index in [4.69, 9.17) is 0 Å². The molecule has 1 aromatic heterocycles. The van der Waals surface area contributed by atoms with Crippen LogP contribution in [0.2, 0.25) is 0 Å². The van der Waals surface area contributed by atoms with Gasteiger partial charge in [-0.05, 0) is 29.1 Å². The smallest absolute Gasteiger partial charge is 0.255 e. The van der Waals surface area contributed by atoms with Crippen LogP contribution >= 0.6 is 11.3 Å². The Morgan fingerprint density at radius 2 is 2.30 bits per heavy atom. The zero-order valence-corrected chi connectivity index (χ0v) is 11.7. The second-order valence-corrected chi connectivity index (χ2v) is 5.57. The Kier molecular flexibility index (Phi) is 3.80. The van der Waals surface area contributed by atoms with Crippen LogP contribution in [0.5, 0.6) is 0 Å². The highest BCUT2D eigenvalue weighted by molar-refractivity contribution is 7.08. The van der Waals surface area contributed by atoms with Gasteiger partial charge in [0.2, 0.25) is 0 Å². The first-order chi connectivity index (χ1) is 9.75. The van der Waals surface area contributed by atoms with E-state index in [1.807, 2.05) is 27.8 Å². The van der Waals surface area contributed by atoms with Crippen molar-refractivity contribution in [2.45, 2.75) is 6.04 Å². The molecule has 0 saturated carbocycles. The average molecular weight is 290 g/mol. The number of piperazine rings is 1. The number of benzene rings is 1. The fraction of sp³-hybridized carbons (Fsp3) is 0.267. The van der Waals surface area contributed by atoms with Gasteiger partial charge in [0.05, 0.1) is 11.6 Å². The SMILES string of the molecule is O=C(c1ccsc1)N1CCNCC1c1cccc(F)c1. The van der Waals surface area contributed by atoms with Crippen LogP contribution in [0, 0.1) is 5.82 Å². The monoisotopic (exact) mass is 290 g/mol. The Balaban J connectivity index is 1.89. The minimum absolute atomic E-state index is 0.0158. The Hall–Kier alpha value is -1.72. The van der Waals surface area contributed by atoms with Gasteiger partial charge in [0.1, 0.15) is 5.82 Å². The van der Waals surface area contributed by atoms with E-state index in [0.717, 1.165) is 12.1 Å². The van der Waals surface area contributed by atoms with Gasteiger partial charge in [-0.15, -0.1) is 0 Å². The molecule has 0 aliphatic carbocycles. The van der Waals surface area contributed by atoms with Gasteiger partial charge in [0.25, 0.3) is 5.91 Å². The van der Waals surface area contributed by atoms with Crippen molar-refractivity contribution in [2.75, 3.05) is 19.6 Å². The Bertz CT molecular complexity index is 600. The lowest BCUT2D eigenvalue weighted by Crippen LogP contribution is -2.48. The summed E-state index contributed by atoms with van der Waals surface area (Å²) in [5.41, 5.74) is 1.54. The first-order valence-electron chi connectivity index (χ1n) is 6.55. The molecule has 0 radical (unpaired) electrons. The third-order valence-corrected chi connectivity index (χ3v) is 4.19. The number of nitrogens with zero attached hydrogens (tertiary/aromatic N) is 1. The summed E-state index contributed by atoms with van der Waals surface area (Å²) >= 11 is 1.51. The van der Waals surface area contributed by atoms with Crippen molar-refractivity contribution in [3.05, 3.63) is 58.0 Å². The lowest BCUT2D eigenvalue weighted by Gasteiger charge is -2.36. The maximum Gasteiger partial charge on any atom is 0.255 e. The van der Waals surface area contributed by atoms with E-state index in [-0.39, 0.29) is 17.8 Å². The highest BCUT2D eigenvalue weighted by Crippen LogP contribution is 2.25. The number of rotatable bonds is 2. The van der Waals surface area contributed by atoms with Gasteiger partial charge in [-0.25, -0.2) is 4.39 Å². The molecule has 1 fully saturated rings. The first-order valence-corrected chi connectivity index (χ1v) is 7.49. The van der Waals surface area contributed by atoms with Gasteiger partial charge in [-0.2, -0.15) is 11.3 Å². The fourth-order valence-electron chi connectivity index (χ4n) is 2.51. The zero-order chi connectivity index (χ0) is 13.9. The predicted octanol–water partition coefficient (Wildman–Crippen LogP) is 2.67. The van der Waals surface area contributed by atoms with Crippen molar-refractivity contribution >= 4 is 17.2 Å². The van der Waals surface area contributed by atoms with Gasteiger partial charge in [-0.3, -0.25) is 4.79 Å². The quantitative estimate of drug-likeness (QED) is 0.922. The molecule has 1 aliphatic rings. The molecule has 1 amide bonds. The van der Waals surface area contributed by atoms with Gasteiger partial charge < -0.3 is 10.2 Å². The molecule has 1 N–H and O–H groups in total. The number of hydrogen-bond donors (Lipinski definition) is 1. The lowest BCUT2D eigenvalue weighted by atomic mass is 10.0. The van der Waals surface area contributed by atoms with Crippen LogP contribution < -0.4 is 5.32 Å². The second-order valence-electron chi connectivity index (χ2n) is 4.79. The molecular weight excluding hydrogens is 275 g/mol. The Labute approximate surface area is 121 Å². The Morgan fingerprint density at radius 3 is 3.05 bits per heavy atom. The molecule has 5 heteroatoms. The van der Waals surface area contributed by atoms with Gasteiger partial charge in [-0.1, -0.05) is 12.1 Å². The van der Waals surface area contributed by atoms with Crippen molar-refractivity contribution < 1.29 is 9.18 Å². The molecule has 1 atom stereocenters. The minimum atomic E-state index is -0.268. The highest BCUT2D eigenvalue weighted by Gasteiger charge is 2.28. The molecule has 1 saturated heterocycles. The van der Waals surface area contributed by atoms with E-state index in [0.29, 0.717) is 18.7 Å². The molecule has 1 aliphatic heterocycles. The minimum Gasteiger partial charge on any atom is -0.329 e. The van der Waals surface area contributed by atoms with E-state index in [9.17, 15) is 9.18 Å². The van der Waals surface area contributed by atoms with Crippen LogP contribution in [0.25, 0.3) is 0 Å². The molecule has 0 spiro atoms. The number of hydrogen-bond acceptors (Lipinski definition) is 3. The summed E-state index contributed by atoms with van der Waals surface area (Å²) in [4.78, 5) is 14.4. The van der Waals surface area contributed by atoms with Gasteiger partial charge >= 0.3 is 0 Å². The molecule has 3 rings (SSSR count).